The Balaban J connectivity index is 0.000000960. The lowest BCUT2D eigenvalue weighted by Crippen LogP contribution is -2.26. The average Bonchev–Trinajstić information content (AvgIpc) is 2.93. The number of aldehydes is 1. The number of hydrogen-bond acceptors (Lipinski definition) is 6. The van der Waals surface area contributed by atoms with Crippen molar-refractivity contribution in [1.82, 2.24) is 0 Å². The lowest BCUT2D eigenvalue weighted by molar-refractivity contribution is -0.141. The number of ether oxygens (including phenoxy) is 1. The minimum atomic E-state index is -0.562. The van der Waals surface area contributed by atoms with Gasteiger partial charge in [0.15, 0.2) is 0 Å². The van der Waals surface area contributed by atoms with Crippen LogP contribution < -0.4 is 0 Å². The van der Waals surface area contributed by atoms with Crippen molar-refractivity contribution >= 4 is 12.3 Å². The Morgan fingerprint density at radius 2 is 1.47 bits per heavy atom. The molecule has 0 spiro atoms. The van der Waals surface area contributed by atoms with E-state index < -0.39 is 5.97 Å². The standard InChI is InChI=1S/C26H44O4.C4H6O2/c1-3-4-5-6-21-9-13-24(14-10-21)25-15-11-22(12-16-25)7-8-23(18-28)19-30-26(29)20(2)17-27;1-4(2-5)3-6/h3-4,21-25,27-28H,2,5-19H2,1H3;2,6H,1,3H2/b4-3+;. The Morgan fingerprint density at radius 1 is 0.917 bits per heavy atom. The van der Waals surface area contributed by atoms with Crippen LogP contribution in [0.2, 0.25) is 0 Å². The minimum Gasteiger partial charge on any atom is -0.462 e. The Hall–Kier alpha value is -1.76. The molecule has 0 amide bonds. The van der Waals surface area contributed by atoms with E-state index in [0.717, 1.165) is 36.5 Å². The summed E-state index contributed by atoms with van der Waals surface area (Å²) in [7, 11) is 0. The normalized spacial score (nSPS) is 24.9. The number of rotatable bonds is 14. The Bertz CT molecular complexity index is 669. The molecule has 36 heavy (non-hydrogen) atoms. The fourth-order valence-electron chi connectivity index (χ4n) is 5.49. The van der Waals surface area contributed by atoms with Gasteiger partial charge in [0.05, 0.1) is 25.4 Å². The van der Waals surface area contributed by atoms with Crippen LogP contribution in [0.25, 0.3) is 0 Å². The van der Waals surface area contributed by atoms with Gasteiger partial charge in [0.2, 0.25) is 0 Å². The van der Waals surface area contributed by atoms with E-state index in [1.807, 2.05) is 0 Å². The number of carbonyl (C=O) groups excluding carboxylic acids is 2. The lowest BCUT2D eigenvalue weighted by atomic mass is 9.68. The summed E-state index contributed by atoms with van der Waals surface area (Å²) < 4.78 is 5.16. The van der Waals surface area contributed by atoms with E-state index in [9.17, 15) is 14.7 Å². The van der Waals surface area contributed by atoms with Crippen LogP contribution in [-0.2, 0) is 14.3 Å². The van der Waals surface area contributed by atoms with Gasteiger partial charge in [0.1, 0.15) is 6.29 Å². The van der Waals surface area contributed by atoms with Crippen LogP contribution in [-0.4, -0.2) is 54.0 Å². The molecular formula is C30H50O6. The summed E-state index contributed by atoms with van der Waals surface area (Å²) in [4.78, 5) is 21.1. The minimum absolute atomic E-state index is 0.0176. The zero-order chi connectivity index (χ0) is 26.8. The van der Waals surface area contributed by atoms with Crippen molar-refractivity contribution in [3.8, 4) is 0 Å². The van der Waals surface area contributed by atoms with Gasteiger partial charge in [-0.15, -0.1) is 0 Å². The van der Waals surface area contributed by atoms with Gasteiger partial charge >= 0.3 is 5.97 Å². The highest BCUT2D eigenvalue weighted by molar-refractivity contribution is 5.87. The average molecular weight is 507 g/mol. The molecular weight excluding hydrogens is 456 g/mol. The number of aliphatic hydroxyl groups is 3. The van der Waals surface area contributed by atoms with Gasteiger partial charge in [-0.3, -0.25) is 4.79 Å². The summed E-state index contributed by atoms with van der Waals surface area (Å²) in [5.74, 6) is 3.00. The van der Waals surface area contributed by atoms with Crippen molar-refractivity contribution in [2.75, 3.05) is 26.4 Å². The van der Waals surface area contributed by atoms with E-state index >= 15 is 0 Å². The first-order valence-corrected chi connectivity index (χ1v) is 13.8. The smallest absolute Gasteiger partial charge is 0.335 e. The summed E-state index contributed by atoms with van der Waals surface area (Å²) in [5.41, 5.74) is 0.284. The SMILES string of the molecule is C=C(C=O)CO.C=C(CO)C(=O)OCC(CO)CCC1CCC(C2CCC(CC/C=C/C)CC2)CC1. The first kappa shape index (κ1) is 32.3. The molecule has 6 nitrogen and oxygen atoms in total. The number of hydrogen-bond donors (Lipinski definition) is 3. The molecule has 206 valence electrons. The lowest BCUT2D eigenvalue weighted by Gasteiger charge is -2.38. The number of esters is 1. The number of allylic oxidation sites excluding steroid dienone is 2. The highest BCUT2D eigenvalue weighted by Gasteiger charge is 2.30. The van der Waals surface area contributed by atoms with Gasteiger partial charge in [-0.05, 0) is 82.0 Å². The first-order valence-electron chi connectivity index (χ1n) is 13.8. The Labute approximate surface area is 218 Å². The van der Waals surface area contributed by atoms with Crippen molar-refractivity contribution in [1.29, 1.82) is 0 Å². The molecule has 0 aliphatic heterocycles. The maximum Gasteiger partial charge on any atom is 0.335 e. The maximum absolute atomic E-state index is 11.6. The second kappa shape index (κ2) is 19.4. The van der Waals surface area contributed by atoms with Gasteiger partial charge in [0.25, 0.3) is 0 Å². The molecule has 0 aromatic carbocycles. The van der Waals surface area contributed by atoms with Crippen LogP contribution in [0.15, 0.2) is 36.5 Å². The van der Waals surface area contributed by atoms with Gasteiger partial charge in [-0.1, -0.05) is 51.0 Å². The van der Waals surface area contributed by atoms with Gasteiger partial charge in [-0.2, -0.15) is 0 Å². The molecule has 6 heteroatoms. The summed E-state index contributed by atoms with van der Waals surface area (Å²) in [6.07, 6.45) is 20.7. The second-order valence-corrected chi connectivity index (χ2v) is 10.6. The third-order valence-electron chi connectivity index (χ3n) is 7.97. The largest absolute Gasteiger partial charge is 0.462 e. The fraction of sp³-hybridized carbons (Fsp3) is 0.733. The molecule has 0 bridgehead atoms. The molecule has 0 saturated heterocycles. The summed E-state index contributed by atoms with van der Waals surface area (Å²) in [6.45, 7) is 8.38. The molecule has 0 heterocycles. The van der Waals surface area contributed by atoms with Crippen LogP contribution in [0.5, 0.6) is 0 Å². The Kier molecular flexibility index (Phi) is 17.4. The molecule has 2 aliphatic rings. The molecule has 0 aromatic heterocycles. The topological polar surface area (TPSA) is 104 Å². The zero-order valence-corrected chi connectivity index (χ0v) is 22.4. The van der Waals surface area contributed by atoms with Crippen LogP contribution in [0.1, 0.15) is 84.0 Å². The zero-order valence-electron chi connectivity index (χ0n) is 22.4. The number of aliphatic hydroxyl groups excluding tert-OH is 3. The third kappa shape index (κ3) is 13.0. The summed E-state index contributed by atoms with van der Waals surface area (Å²) in [6, 6.07) is 0. The van der Waals surface area contributed by atoms with Crippen LogP contribution in [0.4, 0.5) is 0 Å². The van der Waals surface area contributed by atoms with Crippen molar-refractivity contribution in [3.63, 3.8) is 0 Å². The quantitative estimate of drug-likeness (QED) is 0.130. The van der Waals surface area contributed by atoms with Crippen molar-refractivity contribution in [2.45, 2.75) is 84.0 Å². The fourth-order valence-corrected chi connectivity index (χ4v) is 5.49. The molecule has 2 rings (SSSR count). The predicted octanol–water partition coefficient (Wildman–Crippen LogP) is 5.17. The van der Waals surface area contributed by atoms with E-state index in [2.05, 4.69) is 32.2 Å². The summed E-state index contributed by atoms with van der Waals surface area (Å²) >= 11 is 0. The monoisotopic (exact) mass is 506 g/mol. The van der Waals surface area contributed by atoms with Gasteiger partial charge in [0, 0.05) is 18.1 Å². The molecule has 1 unspecified atom stereocenters. The van der Waals surface area contributed by atoms with Crippen LogP contribution in [0.3, 0.4) is 0 Å². The van der Waals surface area contributed by atoms with Crippen LogP contribution >= 0.6 is 0 Å². The van der Waals surface area contributed by atoms with E-state index in [-0.39, 0.29) is 43.5 Å². The second-order valence-electron chi connectivity index (χ2n) is 10.6. The van der Waals surface area contributed by atoms with E-state index in [4.69, 9.17) is 14.9 Å². The summed E-state index contributed by atoms with van der Waals surface area (Å²) in [5, 5.41) is 26.5. The highest BCUT2D eigenvalue weighted by atomic mass is 16.5. The van der Waals surface area contributed by atoms with Crippen LogP contribution in [0, 0.1) is 29.6 Å². The third-order valence-corrected chi connectivity index (χ3v) is 7.97. The Morgan fingerprint density at radius 3 is 1.89 bits per heavy atom. The first-order chi connectivity index (χ1) is 17.4. The molecule has 2 saturated carbocycles. The van der Waals surface area contributed by atoms with E-state index in [1.165, 1.54) is 64.2 Å². The molecule has 0 aromatic rings. The molecule has 0 radical (unpaired) electrons. The number of carbonyl (C=O) groups is 2. The molecule has 1 atom stereocenters. The van der Waals surface area contributed by atoms with Crippen molar-refractivity contribution in [2.24, 2.45) is 29.6 Å². The van der Waals surface area contributed by atoms with Crippen molar-refractivity contribution < 1.29 is 29.6 Å². The van der Waals surface area contributed by atoms with Crippen molar-refractivity contribution in [3.05, 3.63) is 36.5 Å². The molecule has 3 N–H and O–H groups in total. The maximum atomic E-state index is 11.6. The van der Waals surface area contributed by atoms with E-state index in [0.29, 0.717) is 6.29 Å². The molecule has 2 aliphatic carbocycles. The van der Waals surface area contributed by atoms with Gasteiger partial charge < -0.3 is 20.1 Å². The predicted molar refractivity (Wildman–Crippen MR) is 144 cm³/mol. The van der Waals surface area contributed by atoms with Gasteiger partial charge in [-0.25, -0.2) is 4.79 Å². The molecule has 2 fully saturated rings. The van der Waals surface area contributed by atoms with E-state index in [1.54, 1.807) is 0 Å². The highest BCUT2D eigenvalue weighted by Crippen LogP contribution is 2.43.